The number of alkyl carbamates (subject to hydrolysis) is 1. The van der Waals surface area contributed by atoms with Crippen LogP contribution >= 0.6 is 15.9 Å². The van der Waals surface area contributed by atoms with E-state index in [2.05, 4.69) is 26.2 Å². The van der Waals surface area contributed by atoms with E-state index >= 15 is 0 Å². The van der Waals surface area contributed by atoms with Gasteiger partial charge in [0.25, 0.3) is 0 Å². The van der Waals surface area contributed by atoms with Crippen molar-refractivity contribution >= 4 is 33.1 Å². The van der Waals surface area contributed by atoms with Crippen molar-refractivity contribution < 1.29 is 13.9 Å². The van der Waals surface area contributed by atoms with Crippen LogP contribution in [0.25, 0.3) is 11.0 Å². The molecule has 120 valence electrons. The largest absolute Gasteiger partial charge is 0.444 e. The van der Waals surface area contributed by atoms with Crippen molar-refractivity contribution in [1.82, 2.24) is 14.9 Å². The molecule has 1 aromatic carbocycles. The van der Waals surface area contributed by atoms with Crippen LogP contribution < -0.4 is 5.32 Å². The molecule has 0 aliphatic heterocycles. The Bertz CT molecular complexity index is 722. The molecule has 1 N–H and O–H groups in total. The Morgan fingerprint density at radius 1 is 1.45 bits per heavy atom. The molecule has 0 bridgehead atoms. The third kappa shape index (κ3) is 3.40. The first-order chi connectivity index (χ1) is 10.1. The molecule has 0 aliphatic carbocycles. The van der Waals surface area contributed by atoms with Gasteiger partial charge in [-0.25, -0.2) is 14.2 Å². The normalized spacial score (nSPS) is 13.2. The molecular formula is C15H19BrFN3O2. The molecule has 2 rings (SSSR count). The second-order valence-electron chi connectivity index (χ2n) is 6.13. The molecule has 0 radical (unpaired) electrons. The van der Waals surface area contributed by atoms with Gasteiger partial charge in [0.2, 0.25) is 0 Å². The minimum atomic E-state index is -0.567. The molecule has 1 heterocycles. The van der Waals surface area contributed by atoms with E-state index in [1.165, 1.54) is 6.07 Å². The minimum absolute atomic E-state index is 0.352. The highest BCUT2D eigenvalue weighted by molar-refractivity contribution is 9.10. The van der Waals surface area contributed by atoms with Crippen molar-refractivity contribution in [3.8, 4) is 0 Å². The number of nitrogens with one attached hydrogen (secondary N) is 1. The van der Waals surface area contributed by atoms with Crippen molar-refractivity contribution in [2.24, 2.45) is 7.05 Å². The van der Waals surface area contributed by atoms with Crippen LogP contribution in [-0.2, 0) is 11.8 Å². The van der Waals surface area contributed by atoms with Crippen molar-refractivity contribution in [2.45, 2.75) is 39.3 Å². The van der Waals surface area contributed by atoms with Crippen molar-refractivity contribution in [3.63, 3.8) is 0 Å². The van der Waals surface area contributed by atoms with Gasteiger partial charge in [-0.15, -0.1) is 0 Å². The molecule has 1 amide bonds. The Morgan fingerprint density at radius 3 is 2.68 bits per heavy atom. The summed E-state index contributed by atoms with van der Waals surface area (Å²) in [4.78, 5) is 16.3. The van der Waals surface area contributed by atoms with Crippen LogP contribution in [0.5, 0.6) is 0 Å². The summed E-state index contributed by atoms with van der Waals surface area (Å²) in [6.07, 6.45) is -0.516. The molecule has 5 nitrogen and oxygen atoms in total. The van der Waals surface area contributed by atoms with Crippen LogP contribution in [0.3, 0.4) is 0 Å². The molecule has 0 aliphatic rings. The van der Waals surface area contributed by atoms with Crippen molar-refractivity contribution in [1.29, 1.82) is 0 Å². The van der Waals surface area contributed by atoms with Gasteiger partial charge in [0.15, 0.2) is 0 Å². The number of benzene rings is 1. The summed E-state index contributed by atoms with van der Waals surface area (Å²) in [6, 6.07) is 2.59. The van der Waals surface area contributed by atoms with Crippen molar-refractivity contribution in [2.75, 3.05) is 0 Å². The zero-order chi connectivity index (χ0) is 16.7. The maximum absolute atomic E-state index is 13.7. The molecule has 2 aromatic rings. The number of aromatic nitrogens is 2. The van der Waals surface area contributed by atoms with Gasteiger partial charge < -0.3 is 14.6 Å². The summed E-state index contributed by atoms with van der Waals surface area (Å²) in [6.45, 7) is 7.19. The fraction of sp³-hybridized carbons (Fsp3) is 0.467. The van der Waals surface area contributed by atoms with Crippen molar-refractivity contribution in [3.05, 3.63) is 28.2 Å². The van der Waals surface area contributed by atoms with Gasteiger partial charge in [0, 0.05) is 7.05 Å². The summed E-state index contributed by atoms with van der Waals surface area (Å²) < 4.78 is 21.0. The summed E-state index contributed by atoms with van der Waals surface area (Å²) in [7, 11) is 1.78. The number of amides is 1. The number of rotatable bonds is 2. The van der Waals surface area contributed by atoms with Gasteiger partial charge in [0.05, 0.1) is 21.5 Å². The van der Waals surface area contributed by atoms with Gasteiger partial charge in [-0.1, -0.05) is 0 Å². The van der Waals surface area contributed by atoms with Gasteiger partial charge >= 0.3 is 6.09 Å². The fourth-order valence-corrected chi connectivity index (χ4v) is 2.79. The molecular weight excluding hydrogens is 353 g/mol. The van der Waals surface area contributed by atoms with Crippen LogP contribution in [0.4, 0.5) is 9.18 Å². The second-order valence-corrected chi connectivity index (χ2v) is 6.92. The monoisotopic (exact) mass is 371 g/mol. The lowest BCUT2D eigenvalue weighted by Gasteiger charge is -2.21. The highest BCUT2D eigenvalue weighted by atomic mass is 79.9. The van der Waals surface area contributed by atoms with Gasteiger partial charge in [0.1, 0.15) is 17.2 Å². The van der Waals surface area contributed by atoms with Crippen LogP contribution in [0.2, 0.25) is 0 Å². The van der Waals surface area contributed by atoms with E-state index in [4.69, 9.17) is 4.74 Å². The SMILES string of the molecule is C[C@H](NC(=O)OC(C)(C)C)c1nc2ccc(F)c(Br)c2n1C. The lowest BCUT2D eigenvalue weighted by molar-refractivity contribution is 0.0505. The number of nitrogens with zero attached hydrogens (tertiary/aromatic N) is 2. The molecule has 0 fully saturated rings. The summed E-state index contributed by atoms with van der Waals surface area (Å²) >= 11 is 3.24. The molecule has 1 aromatic heterocycles. The van der Waals surface area contributed by atoms with Crippen LogP contribution in [0.1, 0.15) is 39.6 Å². The number of ether oxygens (including phenoxy) is 1. The van der Waals surface area contributed by atoms with Crippen LogP contribution in [0.15, 0.2) is 16.6 Å². The summed E-state index contributed by atoms with van der Waals surface area (Å²) in [5, 5.41) is 2.74. The lowest BCUT2D eigenvalue weighted by Crippen LogP contribution is -2.34. The third-order valence-electron chi connectivity index (χ3n) is 3.08. The Kier molecular flexibility index (Phi) is 4.47. The fourth-order valence-electron chi connectivity index (χ4n) is 2.19. The Morgan fingerprint density at radius 2 is 2.09 bits per heavy atom. The lowest BCUT2D eigenvalue weighted by atomic mass is 10.2. The summed E-state index contributed by atoms with van der Waals surface area (Å²) in [5.41, 5.74) is 0.735. The average Bonchev–Trinajstić information content (AvgIpc) is 2.69. The number of aryl methyl sites for hydroxylation is 1. The smallest absolute Gasteiger partial charge is 0.408 e. The van der Waals surface area contributed by atoms with E-state index in [1.54, 1.807) is 45.4 Å². The molecule has 1 atom stereocenters. The zero-order valence-electron chi connectivity index (χ0n) is 13.2. The number of halogens is 2. The quantitative estimate of drug-likeness (QED) is 0.865. The maximum Gasteiger partial charge on any atom is 0.408 e. The first kappa shape index (κ1) is 16.7. The maximum atomic E-state index is 13.7. The third-order valence-corrected chi connectivity index (χ3v) is 3.84. The molecule has 0 spiro atoms. The highest BCUT2D eigenvalue weighted by Crippen LogP contribution is 2.28. The number of carbonyl (C=O) groups excluding carboxylic acids is 1. The Hall–Kier alpha value is -1.63. The van der Waals surface area contributed by atoms with E-state index < -0.39 is 11.7 Å². The van der Waals surface area contributed by atoms with E-state index in [9.17, 15) is 9.18 Å². The number of hydrogen-bond acceptors (Lipinski definition) is 3. The first-order valence-electron chi connectivity index (χ1n) is 6.90. The summed E-state index contributed by atoms with van der Waals surface area (Å²) in [5.74, 6) is 0.266. The Labute approximate surface area is 137 Å². The van der Waals surface area contributed by atoms with E-state index in [-0.39, 0.29) is 11.9 Å². The van der Waals surface area contributed by atoms with Crippen LogP contribution in [-0.4, -0.2) is 21.2 Å². The van der Waals surface area contributed by atoms with E-state index in [0.29, 0.717) is 21.3 Å². The van der Waals surface area contributed by atoms with Gasteiger partial charge in [-0.3, -0.25) is 0 Å². The number of hydrogen-bond donors (Lipinski definition) is 1. The number of fused-ring (bicyclic) bond motifs is 1. The average molecular weight is 372 g/mol. The van der Waals surface area contributed by atoms with E-state index in [0.717, 1.165) is 0 Å². The minimum Gasteiger partial charge on any atom is -0.444 e. The molecule has 22 heavy (non-hydrogen) atoms. The topological polar surface area (TPSA) is 56.1 Å². The predicted octanol–water partition coefficient (Wildman–Crippen LogP) is 4.06. The molecule has 0 unspecified atom stereocenters. The molecule has 0 saturated carbocycles. The number of carbonyl (C=O) groups is 1. The van der Waals surface area contributed by atoms with Gasteiger partial charge in [-0.2, -0.15) is 0 Å². The molecule has 0 saturated heterocycles. The van der Waals surface area contributed by atoms with Crippen LogP contribution in [0, 0.1) is 5.82 Å². The Balaban J connectivity index is 2.29. The number of imidazole rings is 1. The zero-order valence-corrected chi connectivity index (χ0v) is 14.8. The highest BCUT2D eigenvalue weighted by Gasteiger charge is 2.22. The van der Waals surface area contributed by atoms with Gasteiger partial charge in [-0.05, 0) is 55.8 Å². The second kappa shape index (κ2) is 5.87. The predicted molar refractivity (Wildman–Crippen MR) is 86.2 cm³/mol. The molecule has 7 heteroatoms. The van der Waals surface area contributed by atoms with E-state index in [1.807, 2.05) is 0 Å². The standard InChI is InChI=1S/C15H19BrFN3O2/c1-8(18-14(21)22-15(2,3)4)13-19-10-7-6-9(17)11(16)12(10)20(13)5/h6-8H,1-5H3,(H,18,21)/t8-/m0/s1. The first-order valence-corrected chi connectivity index (χ1v) is 7.69.